The molecule has 1 aromatic rings. The number of benzene rings is 1. The highest BCUT2D eigenvalue weighted by molar-refractivity contribution is 7.89. The second-order valence-electron chi connectivity index (χ2n) is 3.28. The first-order valence-electron chi connectivity index (χ1n) is 4.47. The lowest BCUT2D eigenvalue weighted by Crippen LogP contribution is -2.34. The highest BCUT2D eigenvalue weighted by Crippen LogP contribution is 2.24. The van der Waals surface area contributed by atoms with E-state index in [-0.39, 0.29) is 6.54 Å². The maximum atomic E-state index is 11.2. The van der Waals surface area contributed by atoms with Crippen molar-refractivity contribution >= 4 is 44.8 Å². The minimum Gasteiger partial charge on any atom is -0.376 e. The van der Waals surface area contributed by atoms with Gasteiger partial charge in [-0.3, -0.25) is 9.52 Å². The van der Waals surface area contributed by atoms with Gasteiger partial charge < -0.3 is 5.32 Å². The van der Waals surface area contributed by atoms with E-state index in [0.29, 0.717) is 15.7 Å². The molecule has 0 atom stereocenters. The van der Waals surface area contributed by atoms with Gasteiger partial charge in [0.1, 0.15) is 0 Å². The van der Waals surface area contributed by atoms with Crippen molar-refractivity contribution in [2.45, 2.75) is 0 Å². The number of hydrogen-bond acceptors (Lipinski definition) is 4. The zero-order valence-electron chi connectivity index (χ0n) is 8.83. The normalized spacial score (nSPS) is 11.0. The molecule has 1 rings (SSSR count). The topological polar surface area (TPSA) is 75.3 Å². The summed E-state index contributed by atoms with van der Waals surface area (Å²) in [5.74, 6) is -0.654. The van der Waals surface area contributed by atoms with E-state index in [2.05, 4.69) is 5.32 Å². The Labute approximate surface area is 109 Å². The Morgan fingerprint density at radius 1 is 1.29 bits per heavy atom. The molecule has 0 spiro atoms. The highest BCUT2D eigenvalue weighted by Gasteiger charge is 2.08. The Balaban J connectivity index is 2.56. The van der Waals surface area contributed by atoms with E-state index in [1.807, 2.05) is 4.72 Å². The van der Waals surface area contributed by atoms with Gasteiger partial charge in [0.2, 0.25) is 10.0 Å². The first kappa shape index (κ1) is 14.1. The first-order chi connectivity index (χ1) is 7.78. The van der Waals surface area contributed by atoms with E-state index >= 15 is 0 Å². The number of nitrogens with one attached hydrogen (secondary N) is 2. The van der Waals surface area contributed by atoms with Crippen LogP contribution in [0.15, 0.2) is 18.2 Å². The van der Waals surface area contributed by atoms with Gasteiger partial charge >= 0.3 is 0 Å². The molecule has 0 fully saturated rings. The molecule has 0 saturated heterocycles. The van der Waals surface area contributed by atoms with Gasteiger partial charge in [0, 0.05) is 5.69 Å². The Bertz CT molecular complexity index is 531. The van der Waals surface area contributed by atoms with Crippen LogP contribution < -0.4 is 10.0 Å². The maximum Gasteiger partial charge on any atom is 0.252 e. The molecular formula is C9H10Cl2N2O3S. The number of halogens is 2. The third-order valence-electron chi connectivity index (χ3n) is 1.67. The molecular weight excluding hydrogens is 287 g/mol. The predicted octanol–water partition coefficient (Wildman–Crippen LogP) is 1.48. The zero-order chi connectivity index (χ0) is 13.1. The molecule has 1 amide bonds. The third-order valence-corrected chi connectivity index (χ3v) is 3.01. The van der Waals surface area contributed by atoms with Crippen molar-refractivity contribution in [2.75, 3.05) is 18.1 Å². The number of amides is 1. The van der Waals surface area contributed by atoms with Crippen molar-refractivity contribution in [1.82, 2.24) is 4.72 Å². The van der Waals surface area contributed by atoms with Gasteiger partial charge in [0.25, 0.3) is 5.91 Å². The number of anilines is 1. The molecule has 0 saturated carbocycles. The average Bonchev–Trinajstić information content (AvgIpc) is 2.17. The predicted molar refractivity (Wildman–Crippen MR) is 67.9 cm³/mol. The third kappa shape index (κ3) is 5.25. The molecule has 0 aliphatic carbocycles. The van der Waals surface area contributed by atoms with Crippen LogP contribution in [0.4, 0.5) is 5.69 Å². The van der Waals surface area contributed by atoms with Gasteiger partial charge in [-0.05, 0) is 18.2 Å². The second-order valence-corrected chi connectivity index (χ2v) is 5.84. The molecule has 94 valence electrons. The summed E-state index contributed by atoms with van der Waals surface area (Å²) >= 11 is 11.5. The van der Waals surface area contributed by atoms with Crippen LogP contribution in [0.5, 0.6) is 0 Å². The van der Waals surface area contributed by atoms with E-state index < -0.39 is 15.9 Å². The summed E-state index contributed by atoms with van der Waals surface area (Å²) in [5, 5.41) is 3.46. The number of carbonyl (C=O) groups excluding carboxylic acids is 1. The van der Waals surface area contributed by atoms with Crippen LogP contribution in [0.2, 0.25) is 10.0 Å². The fraction of sp³-hybridized carbons (Fsp3) is 0.222. The molecule has 1 aromatic carbocycles. The summed E-state index contributed by atoms with van der Waals surface area (Å²) in [6.45, 7) is -0.176. The molecule has 17 heavy (non-hydrogen) atoms. The number of rotatable bonds is 4. The van der Waals surface area contributed by atoms with E-state index in [1.165, 1.54) is 6.07 Å². The van der Waals surface area contributed by atoms with Gasteiger partial charge in [-0.2, -0.15) is 0 Å². The van der Waals surface area contributed by atoms with Gasteiger partial charge in [0.15, 0.2) is 0 Å². The van der Waals surface area contributed by atoms with E-state index in [4.69, 9.17) is 23.2 Å². The second kappa shape index (κ2) is 5.57. The zero-order valence-corrected chi connectivity index (χ0v) is 11.2. The van der Waals surface area contributed by atoms with Gasteiger partial charge in [-0.15, -0.1) is 0 Å². The molecule has 0 aliphatic heterocycles. The summed E-state index contributed by atoms with van der Waals surface area (Å²) in [4.78, 5) is 11.2. The molecule has 0 aliphatic rings. The number of hydrogen-bond donors (Lipinski definition) is 2. The maximum absolute atomic E-state index is 11.2. The molecule has 0 bridgehead atoms. The summed E-state index contributed by atoms with van der Waals surface area (Å²) in [6.07, 6.45) is 0.907. The summed E-state index contributed by atoms with van der Waals surface area (Å²) in [6, 6.07) is 4.74. The molecule has 2 N–H and O–H groups in total. The lowest BCUT2D eigenvalue weighted by molar-refractivity contribution is -0.117. The van der Waals surface area contributed by atoms with E-state index in [9.17, 15) is 13.2 Å². The Morgan fingerprint density at radius 3 is 2.47 bits per heavy atom. The summed E-state index contributed by atoms with van der Waals surface area (Å²) < 4.78 is 23.3. The molecule has 8 heteroatoms. The van der Waals surface area contributed by atoms with Gasteiger partial charge in [-0.25, -0.2) is 8.42 Å². The average molecular weight is 297 g/mol. The van der Waals surface area contributed by atoms with E-state index in [0.717, 1.165) is 6.26 Å². The van der Waals surface area contributed by atoms with Crippen LogP contribution in [0.3, 0.4) is 0 Å². The number of carbonyl (C=O) groups is 1. The fourth-order valence-corrected chi connectivity index (χ4v) is 1.82. The van der Waals surface area contributed by atoms with Crippen LogP contribution in [0, 0.1) is 0 Å². The fourth-order valence-electron chi connectivity index (χ4n) is 1.03. The smallest absolute Gasteiger partial charge is 0.252 e. The molecule has 5 nitrogen and oxygen atoms in total. The van der Waals surface area contributed by atoms with Gasteiger partial charge in [0.05, 0.1) is 22.8 Å². The lowest BCUT2D eigenvalue weighted by Gasteiger charge is -2.07. The van der Waals surface area contributed by atoms with Crippen LogP contribution in [-0.4, -0.2) is 27.1 Å². The minimum atomic E-state index is -3.53. The summed E-state index contributed by atoms with van der Waals surface area (Å²) in [7, 11) is -3.53. The first-order valence-corrected chi connectivity index (χ1v) is 7.12. The van der Waals surface area contributed by atoms with Crippen LogP contribution in [-0.2, 0) is 14.8 Å². The van der Waals surface area contributed by atoms with Crippen molar-refractivity contribution in [3.8, 4) is 0 Å². The van der Waals surface area contributed by atoms with Crippen LogP contribution in [0.25, 0.3) is 0 Å². The van der Waals surface area contributed by atoms with Crippen molar-refractivity contribution in [2.24, 2.45) is 0 Å². The Morgan fingerprint density at radius 2 is 1.94 bits per heavy atom. The number of sulfonamides is 1. The van der Waals surface area contributed by atoms with Crippen molar-refractivity contribution in [3.63, 3.8) is 0 Å². The highest BCUT2D eigenvalue weighted by atomic mass is 35.5. The van der Waals surface area contributed by atoms with E-state index in [1.54, 1.807) is 12.1 Å². The standard InChI is InChI=1S/C9H10Cl2N2O3S/c1-17(15,16)13-9(14)5-12-6-2-3-7(10)8(11)4-6/h2-4,12H,5H2,1H3,(H,13,14). The Hall–Kier alpha value is -0.980. The monoisotopic (exact) mass is 296 g/mol. The van der Waals surface area contributed by atoms with Crippen LogP contribution in [0.1, 0.15) is 0 Å². The molecule has 0 unspecified atom stereocenters. The largest absolute Gasteiger partial charge is 0.376 e. The quantitative estimate of drug-likeness (QED) is 0.882. The molecule has 0 aromatic heterocycles. The van der Waals surface area contributed by atoms with Crippen molar-refractivity contribution in [1.29, 1.82) is 0 Å². The summed E-state index contributed by atoms with van der Waals surface area (Å²) in [5.41, 5.74) is 0.572. The lowest BCUT2D eigenvalue weighted by atomic mass is 10.3. The van der Waals surface area contributed by atoms with Crippen LogP contribution >= 0.6 is 23.2 Å². The minimum absolute atomic E-state index is 0.176. The molecule has 0 heterocycles. The molecule has 0 radical (unpaired) electrons. The van der Waals surface area contributed by atoms with Crippen molar-refractivity contribution < 1.29 is 13.2 Å². The SMILES string of the molecule is CS(=O)(=O)NC(=O)CNc1ccc(Cl)c(Cl)c1. The van der Waals surface area contributed by atoms with Crippen molar-refractivity contribution in [3.05, 3.63) is 28.2 Å². The Kier molecular flexibility index (Phi) is 4.62. The van der Waals surface area contributed by atoms with Gasteiger partial charge in [-0.1, -0.05) is 23.2 Å².